The maximum absolute atomic E-state index is 13.5. The van der Waals surface area contributed by atoms with Crippen LogP contribution in [0.25, 0.3) is 0 Å². The van der Waals surface area contributed by atoms with E-state index < -0.39 is 22.7 Å². The third kappa shape index (κ3) is 1.97. The van der Waals surface area contributed by atoms with Gasteiger partial charge in [-0.15, -0.1) is 0 Å². The molecule has 5 nitrogen and oxygen atoms in total. The molecule has 0 aromatic carbocycles. The van der Waals surface area contributed by atoms with E-state index in [2.05, 4.69) is 21.2 Å². The fourth-order valence-corrected chi connectivity index (χ4v) is 1.21. The number of imide groups is 1. The van der Waals surface area contributed by atoms with E-state index in [1.807, 2.05) is 0 Å². The Balaban J connectivity index is 2.78. The number of ether oxygens (including phenoxy) is 1. The minimum Gasteiger partial charge on any atom is -0.354 e. The SMILES string of the molecule is CCO[C@@H]1NC(=O)NC(=O)[C@@]1(F)Br. The molecule has 0 aliphatic carbocycles. The number of alkyl halides is 2. The van der Waals surface area contributed by atoms with Crippen molar-refractivity contribution in [2.24, 2.45) is 0 Å². The predicted molar refractivity (Wildman–Crippen MR) is 44.9 cm³/mol. The average Bonchev–Trinajstić information content (AvgIpc) is 2.01. The molecule has 0 saturated carbocycles. The summed E-state index contributed by atoms with van der Waals surface area (Å²) in [6, 6.07) is -0.767. The lowest BCUT2D eigenvalue weighted by molar-refractivity contribution is -0.136. The van der Waals surface area contributed by atoms with Crippen LogP contribution < -0.4 is 10.6 Å². The normalized spacial score (nSPS) is 33.9. The molecule has 3 amide bonds. The van der Waals surface area contributed by atoms with E-state index in [1.54, 1.807) is 12.2 Å². The van der Waals surface area contributed by atoms with Gasteiger partial charge in [0.2, 0.25) is 0 Å². The first-order chi connectivity index (χ1) is 5.98. The van der Waals surface area contributed by atoms with Crippen molar-refractivity contribution in [1.29, 1.82) is 0 Å². The van der Waals surface area contributed by atoms with Crippen LogP contribution in [0.15, 0.2) is 0 Å². The number of amides is 3. The molecule has 74 valence electrons. The fraction of sp³-hybridized carbons (Fsp3) is 0.667. The summed E-state index contributed by atoms with van der Waals surface area (Å²) in [6.45, 7) is 1.82. The van der Waals surface area contributed by atoms with Gasteiger partial charge in [0.05, 0.1) is 0 Å². The van der Waals surface area contributed by atoms with Gasteiger partial charge in [0, 0.05) is 6.61 Å². The van der Waals surface area contributed by atoms with E-state index in [0.29, 0.717) is 0 Å². The lowest BCUT2D eigenvalue weighted by Gasteiger charge is -2.31. The smallest absolute Gasteiger partial charge is 0.323 e. The molecule has 0 bridgehead atoms. The topological polar surface area (TPSA) is 67.4 Å². The average molecular weight is 255 g/mol. The van der Waals surface area contributed by atoms with E-state index in [0.717, 1.165) is 0 Å². The molecule has 0 radical (unpaired) electrons. The highest BCUT2D eigenvalue weighted by molar-refractivity contribution is 9.10. The van der Waals surface area contributed by atoms with Crippen molar-refractivity contribution in [1.82, 2.24) is 10.6 Å². The Hall–Kier alpha value is -0.690. The van der Waals surface area contributed by atoms with Gasteiger partial charge in [0.25, 0.3) is 10.5 Å². The largest absolute Gasteiger partial charge is 0.354 e. The Bertz CT molecular complexity index is 246. The Kier molecular flexibility index (Phi) is 2.87. The molecule has 1 rings (SSSR count). The van der Waals surface area contributed by atoms with Crippen molar-refractivity contribution in [3.05, 3.63) is 0 Å². The van der Waals surface area contributed by atoms with Crippen molar-refractivity contribution in [3.63, 3.8) is 0 Å². The summed E-state index contributed by atoms with van der Waals surface area (Å²) in [6.07, 6.45) is -1.29. The number of carbonyl (C=O) groups is 2. The Morgan fingerprint density at radius 2 is 2.31 bits per heavy atom. The summed E-state index contributed by atoms with van der Waals surface area (Å²) in [4.78, 5) is 21.7. The lowest BCUT2D eigenvalue weighted by Crippen LogP contribution is -2.65. The Morgan fingerprint density at radius 1 is 1.69 bits per heavy atom. The van der Waals surface area contributed by atoms with Crippen LogP contribution in [0.5, 0.6) is 0 Å². The highest BCUT2D eigenvalue weighted by Crippen LogP contribution is 2.27. The second-order valence-corrected chi connectivity index (χ2v) is 3.54. The van der Waals surface area contributed by atoms with Crippen LogP contribution in [-0.4, -0.2) is 29.4 Å². The minimum atomic E-state index is -2.41. The van der Waals surface area contributed by atoms with Crippen molar-refractivity contribution in [2.45, 2.75) is 17.7 Å². The molecule has 0 aromatic heterocycles. The number of hydrogen-bond donors (Lipinski definition) is 2. The van der Waals surface area contributed by atoms with Gasteiger partial charge in [-0.2, -0.15) is 0 Å². The molecule has 2 N–H and O–H groups in total. The van der Waals surface area contributed by atoms with Crippen LogP contribution in [-0.2, 0) is 9.53 Å². The van der Waals surface area contributed by atoms with Gasteiger partial charge in [-0.1, -0.05) is 0 Å². The summed E-state index contributed by atoms with van der Waals surface area (Å²) < 4.78 is 15.9. The van der Waals surface area contributed by atoms with Crippen molar-refractivity contribution >= 4 is 27.9 Å². The van der Waals surface area contributed by atoms with Gasteiger partial charge in [-0.3, -0.25) is 10.1 Å². The van der Waals surface area contributed by atoms with E-state index in [9.17, 15) is 14.0 Å². The minimum absolute atomic E-state index is 0.190. The van der Waals surface area contributed by atoms with Gasteiger partial charge in [-0.25, -0.2) is 9.18 Å². The molecule has 2 atom stereocenters. The molecule has 1 fully saturated rings. The molecule has 0 aromatic rings. The molecule has 7 heteroatoms. The van der Waals surface area contributed by atoms with Gasteiger partial charge in [-0.05, 0) is 22.9 Å². The molecule has 0 spiro atoms. The zero-order chi connectivity index (χ0) is 10.1. The summed E-state index contributed by atoms with van der Waals surface area (Å²) in [5.74, 6) is -1.06. The predicted octanol–water partition coefficient (Wildman–Crippen LogP) is 0.249. The zero-order valence-electron chi connectivity index (χ0n) is 6.77. The molecule has 0 unspecified atom stereocenters. The second kappa shape index (κ2) is 3.59. The number of carbonyl (C=O) groups excluding carboxylic acids is 2. The monoisotopic (exact) mass is 254 g/mol. The van der Waals surface area contributed by atoms with E-state index in [-0.39, 0.29) is 6.61 Å². The Labute approximate surface area is 82.1 Å². The molecule has 1 heterocycles. The van der Waals surface area contributed by atoms with Crippen LogP contribution in [0.4, 0.5) is 9.18 Å². The standard InChI is InChI=1S/C6H8BrFN2O3/c1-2-13-4-6(7,8)3(11)9-5(12)10-4/h4H,2H2,1H3,(H2,9,10,11,12)/t4-,6-/m0/s1. The van der Waals surface area contributed by atoms with Gasteiger partial charge >= 0.3 is 6.03 Å². The second-order valence-electron chi connectivity index (χ2n) is 2.39. The highest BCUT2D eigenvalue weighted by Gasteiger charge is 2.50. The molecular formula is C6H8BrFN2O3. The highest BCUT2D eigenvalue weighted by atomic mass is 79.9. The van der Waals surface area contributed by atoms with Crippen LogP contribution in [0.3, 0.4) is 0 Å². The lowest BCUT2D eigenvalue weighted by atomic mass is 10.2. The van der Waals surface area contributed by atoms with Gasteiger partial charge in [0.15, 0.2) is 6.23 Å². The number of urea groups is 1. The number of halogens is 2. The third-order valence-corrected chi connectivity index (χ3v) is 2.23. The maximum atomic E-state index is 13.5. The van der Waals surface area contributed by atoms with Crippen molar-refractivity contribution in [2.75, 3.05) is 6.61 Å². The summed E-state index contributed by atoms with van der Waals surface area (Å²) in [5, 5.41) is 3.89. The van der Waals surface area contributed by atoms with Crippen LogP contribution >= 0.6 is 15.9 Å². The van der Waals surface area contributed by atoms with E-state index in [1.165, 1.54) is 0 Å². The molecular weight excluding hydrogens is 247 g/mol. The van der Waals surface area contributed by atoms with E-state index >= 15 is 0 Å². The first kappa shape index (κ1) is 10.4. The fourth-order valence-electron chi connectivity index (χ4n) is 0.864. The quantitative estimate of drug-likeness (QED) is 0.695. The summed E-state index contributed by atoms with van der Waals surface area (Å²) in [5.41, 5.74) is 0. The van der Waals surface area contributed by atoms with Crippen LogP contribution in [0.1, 0.15) is 6.92 Å². The number of nitrogens with one attached hydrogen (secondary N) is 2. The van der Waals surface area contributed by atoms with E-state index in [4.69, 9.17) is 4.74 Å². The number of rotatable bonds is 2. The first-order valence-electron chi connectivity index (χ1n) is 3.60. The van der Waals surface area contributed by atoms with Gasteiger partial charge in [0.1, 0.15) is 0 Å². The van der Waals surface area contributed by atoms with Crippen molar-refractivity contribution in [3.8, 4) is 0 Å². The van der Waals surface area contributed by atoms with Crippen LogP contribution in [0, 0.1) is 0 Å². The maximum Gasteiger partial charge on any atom is 0.323 e. The van der Waals surface area contributed by atoms with Gasteiger partial charge < -0.3 is 10.1 Å². The zero-order valence-corrected chi connectivity index (χ0v) is 8.35. The molecule has 13 heavy (non-hydrogen) atoms. The van der Waals surface area contributed by atoms with Crippen molar-refractivity contribution < 1.29 is 18.7 Å². The third-order valence-electron chi connectivity index (χ3n) is 1.45. The number of hydrogen-bond acceptors (Lipinski definition) is 3. The molecule has 1 aliphatic rings. The van der Waals surface area contributed by atoms with Crippen LogP contribution in [0.2, 0.25) is 0 Å². The summed E-state index contributed by atoms with van der Waals surface area (Å²) >= 11 is 2.53. The first-order valence-corrected chi connectivity index (χ1v) is 4.39. The Morgan fingerprint density at radius 3 is 2.85 bits per heavy atom. The molecule has 1 aliphatic heterocycles. The summed E-state index contributed by atoms with van der Waals surface area (Å²) in [7, 11) is 0. The molecule has 1 saturated heterocycles.